The fraction of sp³-hybridized carbons (Fsp3) is 0.957. The van der Waals surface area contributed by atoms with Gasteiger partial charge in [-0.15, -0.1) is 0 Å². The molecule has 0 aromatic carbocycles. The van der Waals surface area contributed by atoms with E-state index >= 15 is 0 Å². The van der Waals surface area contributed by atoms with Crippen LogP contribution in [0.15, 0.2) is 0 Å². The second-order valence-electron chi connectivity index (χ2n) is 10.9. The fourth-order valence-electron chi connectivity index (χ4n) is 6.11. The summed E-state index contributed by atoms with van der Waals surface area (Å²) in [5, 5.41) is 3.44. The summed E-state index contributed by atoms with van der Waals surface area (Å²) in [5.74, 6) is 3.22. The Kier molecular flexibility index (Phi) is 5.78. The van der Waals surface area contributed by atoms with Crippen LogP contribution < -0.4 is 5.32 Å². The first-order valence-electron chi connectivity index (χ1n) is 11.2. The molecule has 1 amide bonds. The van der Waals surface area contributed by atoms with Crippen molar-refractivity contribution >= 4 is 5.91 Å². The van der Waals surface area contributed by atoms with E-state index in [4.69, 9.17) is 0 Å². The van der Waals surface area contributed by atoms with Gasteiger partial charge in [0, 0.05) is 17.1 Å². The average molecular weight is 363 g/mol. The first-order valence-corrected chi connectivity index (χ1v) is 11.2. The molecule has 3 aliphatic rings. The van der Waals surface area contributed by atoms with Gasteiger partial charge in [-0.1, -0.05) is 19.8 Å². The number of carbonyl (C=O) groups excluding carboxylic acids is 1. The molecule has 0 aromatic rings. The zero-order valence-corrected chi connectivity index (χ0v) is 18.1. The van der Waals surface area contributed by atoms with Crippen LogP contribution in [0.25, 0.3) is 0 Å². The smallest absolute Gasteiger partial charge is 0.225 e. The molecule has 2 saturated carbocycles. The number of hydrogen-bond donors (Lipinski definition) is 1. The maximum atomic E-state index is 13.0. The van der Waals surface area contributed by atoms with E-state index in [0.29, 0.717) is 11.9 Å². The van der Waals surface area contributed by atoms with E-state index in [-0.39, 0.29) is 17.0 Å². The first kappa shape index (κ1) is 20.2. The summed E-state index contributed by atoms with van der Waals surface area (Å²) < 4.78 is 0. The minimum Gasteiger partial charge on any atom is -0.353 e. The third-order valence-electron chi connectivity index (χ3n) is 8.49. The summed E-state index contributed by atoms with van der Waals surface area (Å²) in [5.41, 5.74) is 0.0326. The van der Waals surface area contributed by atoms with Crippen molar-refractivity contribution in [3.05, 3.63) is 0 Å². The molecule has 0 bridgehead atoms. The fourth-order valence-corrected chi connectivity index (χ4v) is 6.11. The van der Waals surface area contributed by atoms with Crippen molar-refractivity contribution in [1.29, 1.82) is 0 Å². The lowest BCUT2D eigenvalue weighted by atomic mass is 9.70. The molecular weight excluding hydrogens is 320 g/mol. The van der Waals surface area contributed by atoms with Crippen LogP contribution in [0.3, 0.4) is 0 Å². The van der Waals surface area contributed by atoms with Gasteiger partial charge in [0.25, 0.3) is 0 Å². The number of nitrogens with zero attached hydrogens (tertiary/aromatic N) is 1. The third kappa shape index (κ3) is 3.98. The Morgan fingerprint density at radius 1 is 0.885 bits per heavy atom. The molecule has 0 radical (unpaired) electrons. The van der Waals surface area contributed by atoms with Gasteiger partial charge in [0.2, 0.25) is 5.91 Å². The number of rotatable bonds is 3. The number of hydrogen-bond acceptors (Lipinski definition) is 2. The maximum absolute atomic E-state index is 13.0. The third-order valence-corrected chi connectivity index (χ3v) is 8.49. The van der Waals surface area contributed by atoms with Crippen LogP contribution in [0.1, 0.15) is 92.4 Å². The normalized spacial score (nSPS) is 40.3. The van der Waals surface area contributed by atoms with Crippen molar-refractivity contribution in [3.63, 3.8) is 0 Å². The van der Waals surface area contributed by atoms with E-state index < -0.39 is 0 Å². The molecule has 0 spiro atoms. The van der Waals surface area contributed by atoms with E-state index in [9.17, 15) is 4.79 Å². The molecule has 150 valence electrons. The van der Waals surface area contributed by atoms with Crippen LogP contribution in [0.4, 0.5) is 0 Å². The maximum Gasteiger partial charge on any atom is 0.225 e. The van der Waals surface area contributed by atoms with Gasteiger partial charge in [0.1, 0.15) is 0 Å². The van der Waals surface area contributed by atoms with Crippen LogP contribution >= 0.6 is 0 Å². The molecule has 0 aromatic heterocycles. The molecule has 1 saturated heterocycles. The van der Waals surface area contributed by atoms with Crippen LogP contribution in [0.2, 0.25) is 0 Å². The summed E-state index contributed by atoms with van der Waals surface area (Å²) in [4.78, 5) is 15.4. The summed E-state index contributed by atoms with van der Waals surface area (Å²) in [7, 11) is 2.17. The quantitative estimate of drug-likeness (QED) is 0.766. The number of amides is 1. The van der Waals surface area contributed by atoms with Gasteiger partial charge < -0.3 is 5.32 Å². The molecule has 1 atom stereocenters. The molecule has 3 fully saturated rings. The summed E-state index contributed by atoms with van der Waals surface area (Å²) in [6, 6.07) is 0.408. The van der Waals surface area contributed by atoms with Crippen LogP contribution in [0, 0.1) is 23.7 Å². The molecule has 26 heavy (non-hydrogen) atoms. The first-order chi connectivity index (χ1) is 12.1. The molecular formula is C23H42N2O. The number of nitrogens with one attached hydrogen (secondary N) is 1. The van der Waals surface area contributed by atoms with Crippen molar-refractivity contribution in [1.82, 2.24) is 10.2 Å². The van der Waals surface area contributed by atoms with Gasteiger partial charge in [-0.25, -0.2) is 0 Å². The second-order valence-corrected chi connectivity index (χ2v) is 10.9. The van der Waals surface area contributed by atoms with Crippen molar-refractivity contribution < 1.29 is 4.79 Å². The lowest BCUT2D eigenvalue weighted by Gasteiger charge is -2.39. The van der Waals surface area contributed by atoms with Crippen LogP contribution in [0.5, 0.6) is 0 Å². The molecule has 1 heterocycles. The van der Waals surface area contributed by atoms with Gasteiger partial charge in [-0.05, 0) is 97.4 Å². The van der Waals surface area contributed by atoms with E-state index in [0.717, 1.165) is 24.2 Å². The Morgan fingerprint density at radius 3 is 1.85 bits per heavy atom. The van der Waals surface area contributed by atoms with Crippen molar-refractivity contribution in [2.24, 2.45) is 23.7 Å². The SMILES string of the molecule is CC1CCC(C2CCC(NC(=O)C3CC(C)(C)N(C)C3(C)C)CC2)CC1. The van der Waals surface area contributed by atoms with Gasteiger partial charge in [-0.2, -0.15) is 0 Å². The molecule has 1 aliphatic heterocycles. The topological polar surface area (TPSA) is 32.3 Å². The molecule has 1 N–H and O–H groups in total. The highest BCUT2D eigenvalue weighted by atomic mass is 16.2. The van der Waals surface area contributed by atoms with E-state index in [2.05, 4.69) is 51.9 Å². The van der Waals surface area contributed by atoms with Gasteiger partial charge in [0.15, 0.2) is 0 Å². The zero-order valence-electron chi connectivity index (χ0n) is 18.1. The minimum atomic E-state index is -0.0659. The second kappa shape index (κ2) is 7.45. The Bertz CT molecular complexity index is 496. The lowest BCUT2D eigenvalue weighted by Crippen LogP contribution is -2.51. The van der Waals surface area contributed by atoms with Gasteiger partial charge >= 0.3 is 0 Å². The summed E-state index contributed by atoms with van der Waals surface area (Å²) in [6.07, 6.45) is 11.7. The highest BCUT2D eigenvalue weighted by Crippen LogP contribution is 2.44. The van der Waals surface area contributed by atoms with Gasteiger partial charge in [-0.3, -0.25) is 9.69 Å². The lowest BCUT2D eigenvalue weighted by molar-refractivity contribution is -0.128. The molecule has 3 rings (SSSR count). The number of carbonyl (C=O) groups is 1. The Hall–Kier alpha value is -0.570. The zero-order chi connectivity index (χ0) is 19.1. The highest BCUT2D eigenvalue weighted by molar-refractivity contribution is 5.81. The predicted octanol–water partition coefficient (Wildman–Crippen LogP) is 5.00. The Balaban J connectivity index is 1.49. The summed E-state index contributed by atoms with van der Waals surface area (Å²) >= 11 is 0. The van der Waals surface area contributed by atoms with Crippen LogP contribution in [-0.2, 0) is 4.79 Å². The van der Waals surface area contributed by atoms with E-state index in [1.165, 1.54) is 51.4 Å². The molecule has 1 unspecified atom stereocenters. The largest absolute Gasteiger partial charge is 0.353 e. The Labute approximate surface area is 161 Å². The molecule has 3 nitrogen and oxygen atoms in total. The van der Waals surface area contributed by atoms with Gasteiger partial charge in [0.05, 0.1) is 5.92 Å². The molecule has 2 aliphatic carbocycles. The summed E-state index contributed by atoms with van der Waals surface area (Å²) in [6.45, 7) is 11.4. The van der Waals surface area contributed by atoms with Crippen molar-refractivity contribution in [2.45, 2.75) is 110 Å². The van der Waals surface area contributed by atoms with Crippen LogP contribution in [-0.4, -0.2) is 35.0 Å². The Morgan fingerprint density at radius 2 is 1.38 bits per heavy atom. The highest BCUT2D eigenvalue weighted by Gasteiger charge is 2.52. The average Bonchev–Trinajstić information content (AvgIpc) is 2.76. The van der Waals surface area contributed by atoms with Crippen molar-refractivity contribution in [3.8, 4) is 0 Å². The van der Waals surface area contributed by atoms with E-state index in [1.54, 1.807) is 0 Å². The van der Waals surface area contributed by atoms with Crippen molar-refractivity contribution in [2.75, 3.05) is 7.05 Å². The monoisotopic (exact) mass is 362 g/mol. The van der Waals surface area contributed by atoms with E-state index in [1.807, 2.05) is 0 Å². The predicted molar refractivity (Wildman–Crippen MR) is 109 cm³/mol. The molecule has 3 heteroatoms. The minimum absolute atomic E-state index is 0.0659. The number of likely N-dealkylation sites (tertiary alicyclic amines) is 1. The standard InChI is InChI=1S/C23H42N2O/c1-16-7-9-17(10-8-16)18-11-13-19(14-12-18)24-21(26)20-15-22(2,3)25(6)23(20,4)5/h16-20H,7-15H2,1-6H3,(H,24,26).